The van der Waals surface area contributed by atoms with Crippen molar-refractivity contribution in [2.75, 3.05) is 0 Å². The van der Waals surface area contributed by atoms with Crippen molar-refractivity contribution in [3.05, 3.63) is 0 Å². The molecule has 0 fully saturated rings. The highest BCUT2D eigenvalue weighted by molar-refractivity contribution is 9.10. The second-order valence-electron chi connectivity index (χ2n) is 2.80. The average Bonchev–Trinajstić information content (AvgIpc) is 2.03. The van der Waals surface area contributed by atoms with Crippen LogP contribution in [-0.4, -0.2) is 10.2 Å². The van der Waals surface area contributed by atoms with Gasteiger partial charge < -0.3 is 5.73 Å². The van der Waals surface area contributed by atoms with Gasteiger partial charge in [-0.2, -0.15) is 0 Å². The Kier molecular flexibility index (Phi) is 5.26. The fourth-order valence-electron chi connectivity index (χ4n) is 0.539. The number of halogens is 1. The maximum atomic E-state index is 10.8. The Labute approximate surface area is 87.4 Å². The highest BCUT2D eigenvalue weighted by Crippen LogP contribution is 2.20. The molecule has 0 saturated heterocycles. The van der Waals surface area contributed by atoms with E-state index in [1.54, 1.807) is 6.92 Å². The monoisotopic (exact) mass is 241 g/mol. The van der Waals surface area contributed by atoms with Gasteiger partial charge in [-0.05, 0) is 6.92 Å². The first-order chi connectivity index (χ1) is 6.00. The molecule has 0 aliphatic heterocycles. The third-order valence-corrected chi connectivity index (χ3v) is 2.12. The average molecular weight is 242 g/mol. The van der Waals surface area contributed by atoms with Gasteiger partial charge in [0.05, 0.1) is 0 Å². The smallest absolute Gasteiger partial charge is 0.235 e. The number of amides is 1. The second-order valence-corrected chi connectivity index (χ2v) is 4.55. The SMILES string of the molecule is C#CCCC#CCC(C)(Br)C(N)=O. The van der Waals surface area contributed by atoms with Gasteiger partial charge >= 0.3 is 0 Å². The summed E-state index contributed by atoms with van der Waals surface area (Å²) in [4.78, 5) is 10.8. The molecule has 0 aromatic rings. The van der Waals surface area contributed by atoms with E-state index in [4.69, 9.17) is 12.2 Å². The van der Waals surface area contributed by atoms with E-state index in [0.29, 0.717) is 19.3 Å². The number of terminal acetylenes is 1. The van der Waals surface area contributed by atoms with Gasteiger partial charge in [-0.15, -0.1) is 24.2 Å². The van der Waals surface area contributed by atoms with Crippen molar-refractivity contribution < 1.29 is 4.79 Å². The number of hydrogen-bond donors (Lipinski definition) is 1. The van der Waals surface area contributed by atoms with E-state index in [2.05, 4.69) is 33.7 Å². The maximum absolute atomic E-state index is 10.8. The highest BCUT2D eigenvalue weighted by Gasteiger charge is 2.25. The quantitative estimate of drug-likeness (QED) is 0.454. The molecule has 0 saturated carbocycles. The van der Waals surface area contributed by atoms with Crippen molar-refractivity contribution in [1.29, 1.82) is 0 Å². The van der Waals surface area contributed by atoms with Crippen molar-refractivity contribution in [3.63, 3.8) is 0 Å². The van der Waals surface area contributed by atoms with E-state index in [9.17, 15) is 4.79 Å². The lowest BCUT2D eigenvalue weighted by Crippen LogP contribution is -2.34. The Bertz CT molecular complexity index is 278. The van der Waals surface area contributed by atoms with Crippen LogP contribution in [0.25, 0.3) is 0 Å². The summed E-state index contributed by atoms with van der Waals surface area (Å²) >= 11 is 3.20. The van der Waals surface area contributed by atoms with Crippen LogP contribution in [-0.2, 0) is 4.79 Å². The van der Waals surface area contributed by atoms with Gasteiger partial charge in [0, 0.05) is 19.3 Å². The zero-order valence-electron chi connectivity index (χ0n) is 7.56. The van der Waals surface area contributed by atoms with Crippen LogP contribution in [0.1, 0.15) is 26.2 Å². The van der Waals surface area contributed by atoms with E-state index < -0.39 is 10.2 Å². The van der Waals surface area contributed by atoms with Gasteiger partial charge in [0.2, 0.25) is 5.91 Å². The molecular weight excluding hydrogens is 230 g/mol. The molecule has 0 spiro atoms. The molecule has 1 amide bonds. The third-order valence-electron chi connectivity index (χ3n) is 1.45. The fourth-order valence-corrected chi connectivity index (χ4v) is 0.679. The van der Waals surface area contributed by atoms with Crippen LogP contribution in [0.4, 0.5) is 0 Å². The summed E-state index contributed by atoms with van der Waals surface area (Å²) in [5, 5.41) is 0. The minimum absolute atomic E-state index is 0.404. The lowest BCUT2D eigenvalue weighted by molar-refractivity contribution is -0.119. The Hall–Kier alpha value is -0.930. The summed E-state index contributed by atoms with van der Waals surface area (Å²) in [5.74, 6) is 7.79. The van der Waals surface area contributed by atoms with E-state index in [-0.39, 0.29) is 0 Å². The zero-order chi connectivity index (χ0) is 10.3. The standard InChI is InChI=1S/C10H12BrNO/c1-3-4-5-6-7-8-10(2,11)9(12)13/h1H,4-5,8H2,2H3,(H2,12,13). The van der Waals surface area contributed by atoms with Gasteiger partial charge in [-0.3, -0.25) is 4.79 Å². The first kappa shape index (κ1) is 12.1. The second kappa shape index (κ2) is 5.67. The molecular formula is C10H12BrNO. The first-order valence-electron chi connectivity index (χ1n) is 3.88. The Balaban J connectivity index is 3.92. The van der Waals surface area contributed by atoms with Crippen LogP contribution in [0.15, 0.2) is 0 Å². The van der Waals surface area contributed by atoms with E-state index in [1.165, 1.54) is 0 Å². The lowest BCUT2D eigenvalue weighted by Gasteiger charge is -2.13. The van der Waals surface area contributed by atoms with Crippen molar-refractivity contribution >= 4 is 21.8 Å². The molecule has 0 aromatic heterocycles. The molecule has 0 heterocycles. The zero-order valence-corrected chi connectivity index (χ0v) is 9.15. The molecule has 1 unspecified atom stereocenters. The number of unbranched alkanes of at least 4 members (excludes halogenated alkanes) is 1. The Morgan fingerprint density at radius 1 is 1.54 bits per heavy atom. The number of rotatable bonds is 3. The molecule has 0 aromatic carbocycles. The molecule has 13 heavy (non-hydrogen) atoms. The largest absolute Gasteiger partial charge is 0.368 e. The molecule has 2 nitrogen and oxygen atoms in total. The molecule has 1 atom stereocenters. The number of carbonyl (C=O) groups excluding carboxylic acids is 1. The summed E-state index contributed by atoms with van der Waals surface area (Å²) < 4.78 is -0.726. The van der Waals surface area contributed by atoms with E-state index in [1.807, 2.05) is 0 Å². The predicted octanol–water partition coefficient (Wildman–Crippen LogP) is 1.43. The topological polar surface area (TPSA) is 43.1 Å². The molecule has 0 bridgehead atoms. The number of alkyl halides is 1. The molecule has 70 valence electrons. The molecule has 0 aliphatic rings. The number of hydrogen-bond acceptors (Lipinski definition) is 1. The maximum Gasteiger partial charge on any atom is 0.235 e. The van der Waals surface area contributed by atoms with Crippen LogP contribution in [0, 0.1) is 24.2 Å². The van der Waals surface area contributed by atoms with Crippen molar-refractivity contribution in [1.82, 2.24) is 0 Å². The van der Waals surface area contributed by atoms with Gasteiger partial charge in [0.15, 0.2) is 0 Å². The Morgan fingerprint density at radius 2 is 2.15 bits per heavy atom. The predicted molar refractivity (Wildman–Crippen MR) is 57.0 cm³/mol. The number of primary amides is 1. The molecule has 0 radical (unpaired) electrons. The van der Waals surface area contributed by atoms with E-state index in [0.717, 1.165) is 0 Å². The van der Waals surface area contributed by atoms with E-state index >= 15 is 0 Å². The normalized spacial score (nSPS) is 13.3. The lowest BCUT2D eigenvalue weighted by atomic mass is 10.1. The minimum Gasteiger partial charge on any atom is -0.368 e. The van der Waals surface area contributed by atoms with Gasteiger partial charge in [0.25, 0.3) is 0 Å². The van der Waals surface area contributed by atoms with Crippen LogP contribution in [0.3, 0.4) is 0 Å². The van der Waals surface area contributed by atoms with Crippen molar-refractivity contribution in [2.24, 2.45) is 5.73 Å². The Morgan fingerprint density at radius 3 is 2.62 bits per heavy atom. The molecule has 0 rings (SSSR count). The number of carbonyl (C=O) groups is 1. The highest BCUT2D eigenvalue weighted by atomic mass is 79.9. The van der Waals surface area contributed by atoms with Crippen LogP contribution in [0.2, 0.25) is 0 Å². The first-order valence-corrected chi connectivity index (χ1v) is 4.68. The third kappa shape index (κ3) is 5.33. The van der Waals surface area contributed by atoms with Crippen LogP contribution >= 0.6 is 15.9 Å². The van der Waals surface area contributed by atoms with Crippen molar-refractivity contribution in [3.8, 4) is 24.2 Å². The summed E-state index contributed by atoms with van der Waals surface area (Å²) in [5.41, 5.74) is 5.13. The molecule has 2 N–H and O–H groups in total. The van der Waals surface area contributed by atoms with Gasteiger partial charge in [-0.25, -0.2) is 0 Å². The minimum atomic E-state index is -0.726. The summed E-state index contributed by atoms with van der Waals surface area (Å²) in [6.45, 7) is 1.70. The van der Waals surface area contributed by atoms with Gasteiger partial charge in [-0.1, -0.05) is 15.9 Å². The number of nitrogens with two attached hydrogens (primary N) is 1. The summed E-state index contributed by atoms with van der Waals surface area (Å²) in [6.07, 6.45) is 6.76. The van der Waals surface area contributed by atoms with Gasteiger partial charge in [0.1, 0.15) is 4.32 Å². The van der Waals surface area contributed by atoms with Crippen LogP contribution < -0.4 is 5.73 Å². The van der Waals surface area contributed by atoms with Crippen molar-refractivity contribution in [2.45, 2.75) is 30.5 Å². The van der Waals surface area contributed by atoms with Crippen LogP contribution in [0.5, 0.6) is 0 Å². The fraction of sp³-hybridized carbons (Fsp3) is 0.500. The molecule has 3 heteroatoms. The molecule has 0 aliphatic carbocycles. The summed E-state index contributed by atoms with van der Waals surface area (Å²) in [7, 11) is 0. The summed E-state index contributed by atoms with van der Waals surface area (Å²) in [6, 6.07) is 0.